The van der Waals surface area contributed by atoms with Crippen LogP contribution in [-0.4, -0.2) is 37.6 Å². The van der Waals surface area contributed by atoms with Crippen LogP contribution in [0, 0.1) is 6.92 Å². The van der Waals surface area contributed by atoms with Gasteiger partial charge in [-0.05, 0) is 19.1 Å². The molecule has 0 fully saturated rings. The van der Waals surface area contributed by atoms with Crippen molar-refractivity contribution in [2.24, 2.45) is 0 Å². The van der Waals surface area contributed by atoms with E-state index in [4.69, 9.17) is 0 Å². The summed E-state index contributed by atoms with van der Waals surface area (Å²) in [5.41, 5.74) is 3.07. The number of hydrogen-bond donors (Lipinski definition) is 1. The number of aromatic nitrogens is 3. The Morgan fingerprint density at radius 2 is 2.12 bits per heavy atom. The molecule has 25 heavy (non-hydrogen) atoms. The summed E-state index contributed by atoms with van der Waals surface area (Å²) in [6.07, 6.45) is 2.55. The second-order valence-corrected chi connectivity index (χ2v) is 7.11. The van der Waals surface area contributed by atoms with Gasteiger partial charge in [0, 0.05) is 31.0 Å². The van der Waals surface area contributed by atoms with Crippen LogP contribution >= 0.6 is 11.3 Å². The van der Waals surface area contributed by atoms with E-state index in [9.17, 15) is 9.59 Å². The van der Waals surface area contributed by atoms with Gasteiger partial charge in [0.25, 0.3) is 5.91 Å². The average molecular weight is 355 g/mol. The predicted molar refractivity (Wildman–Crippen MR) is 94.8 cm³/mol. The Hall–Kier alpha value is -2.74. The first-order chi connectivity index (χ1) is 12.0. The number of carbonyl (C=O) groups excluding carboxylic acids is 2. The number of imidazole rings is 1. The highest BCUT2D eigenvalue weighted by Gasteiger charge is 2.28. The molecule has 0 radical (unpaired) electrons. The lowest BCUT2D eigenvalue weighted by molar-refractivity contribution is -0.114. The summed E-state index contributed by atoms with van der Waals surface area (Å²) in [4.78, 5) is 36.0. The molecule has 1 N–H and O–H groups in total. The zero-order chi connectivity index (χ0) is 17.6. The first-order valence-corrected chi connectivity index (χ1v) is 8.83. The van der Waals surface area contributed by atoms with Gasteiger partial charge in [0.05, 0.1) is 17.9 Å². The number of aryl methyl sites for hydroxylation is 1. The Labute approximate surface area is 148 Å². The average Bonchev–Trinajstić information content (AvgIpc) is 3.11. The number of amides is 2. The summed E-state index contributed by atoms with van der Waals surface area (Å²) in [5.74, 6) is -0.170. The lowest BCUT2D eigenvalue weighted by Gasteiger charge is -2.26. The zero-order valence-corrected chi connectivity index (χ0v) is 14.8. The van der Waals surface area contributed by atoms with E-state index in [1.165, 1.54) is 18.3 Å². The van der Waals surface area contributed by atoms with Crippen molar-refractivity contribution in [2.45, 2.75) is 26.8 Å². The van der Waals surface area contributed by atoms with Crippen LogP contribution in [0.5, 0.6) is 0 Å². The van der Waals surface area contributed by atoms with Crippen molar-refractivity contribution in [3.8, 4) is 0 Å². The van der Waals surface area contributed by atoms with E-state index in [-0.39, 0.29) is 11.8 Å². The van der Waals surface area contributed by atoms with Crippen molar-refractivity contribution >= 4 is 33.9 Å². The van der Waals surface area contributed by atoms with Gasteiger partial charge in [-0.25, -0.2) is 9.97 Å². The fraction of sp³-hybridized carbons (Fsp3) is 0.294. The predicted octanol–water partition coefficient (Wildman–Crippen LogP) is 2.26. The standard InChI is InChI=1S/C17H17N5O2S/c1-10-15(22-7-4-3-5-14(22)18-10)16(24)21-8-6-12-13(9-21)25-17(20-12)19-11(2)23/h3-5,7H,6,8-9H2,1-2H3,(H,19,20,23). The first kappa shape index (κ1) is 15.8. The van der Waals surface area contributed by atoms with Gasteiger partial charge in [0.1, 0.15) is 11.3 Å². The molecule has 8 heteroatoms. The Kier molecular flexibility index (Phi) is 3.76. The SMILES string of the molecule is CC(=O)Nc1nc2c(s1)CN(C(=O)c1c(C)nc3ccccn13)CC2. The van der Waals surface area contributed by atoms with E-state index in [1.807, 2.05) is 40.6 Å². The highest BCUT2D eigenvalue weighted by Crippen LogP contribution is 2.29. The molecule has 2 amide bonds. The number of anilines is 1. The molecule has 1 aliphatic rings. The number of hydrogen-bond acceptors (Lipinski definition) is 5. The molecular formula is C17H17N5O2S. The Balaban J connectivity index is 1.62. The molecule has 0 aromatic carbocycles. The molecule has 0 spiro atoms. The van der Waals surface area contributed by atoms with Crippen molar-refractivity contribution < 1.29 is 9.59 Å². The summed E-state index contributed by atoms with van der Waals surface area (Å²) in [6.45, 7) is 4.43. The monoisotopic (exact) mass is 355 g/mol. The lowest BCUT2D eigenvalue weighted by atomic mass is 10.1. The van der Waals surface area contributed by atoms with Gasteiger partial charge in [0.2, 0.25) is 5.91 Å². The van der Waals surface area contributed by atoms with E-state index in [0.717, 1.165) is 21.9 Å². The van der Waals surface area contributed by atoms with E-state index < -0.39 is 0 Å². The molecule has 0 saturated heterocycles. The fourth-order valence-electron chi connectivity index (χ4n) is 3.09. The van der Waals surface area contributed by atoms with Crippen LogP contribution in [0.2, 0.25) is 0 Å². The van der Waals surface area contributed by atoms with E-state index in [1.54, 1.807) is 0 Å². The molecule has 3 aromatic heterocycles. The van der Waals surface area contributed by atoms with Crippen molar-refractivity contribution in [1.29, 1.82) is 0 Å². The maximum atomic E-state index is 13.1. The van der Waals surface area contributed by atoms with Crippen LogP contribution in [-0.2, 0) is 17.8 Å². The third-order valence-corrected chi connectivity index (χ3v) is 5.21. The van der Waals surface area contributed by atoms with Crippen LogP contribution in [0.1, 0.15) is 33.7 Å². The Morgan fingerprint density at radius 3 is 2.92 bits per heavy atom. The smallest absolute Gasteiger partial charge is 0.273 e. The molecule has 0 saturated carbocycles. The van der Waals surface area contributed by atoms with Crippen molar-refractivity contribution in [2.75, 3.05) is 11.9 Å². The second-order valence-electron chi connectivity index (χ2n) is 6.02. The summed E-state index contributed by atoms with van der Waals surface area (Å²) in [5, 5.41) is 3.31. The summed E-state index contributed by atoms with van der Waals surface area (Å²) >= 11 is 1.43. The maximum Gasteiger partial charge on any atom is 0.273 e. The molecule has 0 unspecified atom stereocenters. The summed E-state index contributed by atoms with van der Waals surface area (Å²) < 4.78 is 1.84. The van der Waals surface area contributed by atoms with Crippen LogP contribution in [0.25, 0.3) is 5.65 Å². The van der Waals surface area contributed by atoms with Crippen LogP contribution in [0.4, 0.5) is 5.13 Å². The third kappa shape index (κ3) is 2.78. The zero-order valence-electron chi connectivity index (χ0n) is 13.9. The largest absolute Gasteiger partial charge is 0.332 e. The highest BCUT2D eigenvalue weighted by atomic mass is 32.1. The molecule has 4 heterocycles. The topological polar surface area (TPSA) is 79.6 Å². The number of nitrogens with zero attached hydrogens (tertiary/aromatic N) is 4. The second kappa shape index (κ2) is 5.96. The third-order valence-electron chi connectivity index (χ3n) is 4.21. The first-order valence-electron chi connectivity index (χ1n) is 8.02. The van der Waals surface area contributed by atoms with Gasteiger partial charge in [-0.3, -0.25) is 14.0 Å². The van der Waals surface area contributed by atoms with Gasteiger partial charge in [-0.15, -0.1) is 0 Å². The number of pyridine rings is 1. The number of thiazole rings is 1. The van der Waals surface area contributed by atoms with Crippen LogP contribution in [0.3, 0.4) is 0 Å². The molecule has 3 aromatic rings. The number of carbonyl (C=O) groups is 2. The quantitative estimate of drug-likeness (QED) is 0.765. The molecule has 0 bridgehead atoms. The number of nitrogens with one attached hydrogen (secondary N) is 1. The molecule has 0 aliphatic carbocycles. The molecular weight excluding hydrogens is 338 g/mol. The summed E-state index contributed by atoms with van der Waals surface area (Å²) in [7, 11) is 0. The molecule has 1 aliphatic heterocycles. The van der Waals surface area contributed by atoms with Gasteiger partial charge in [-0.1, -0.05) is 17.4 Å². The van der Waals surface area contributed by atoms with E-state index >= 15 is 0 Å². The Bertz CT molecular complexity index is 990. The molecule has 4 rings (SSSR count). The summed E-state index contributed by atoms with van der Waals surface area (Å²) in [6, 6.07) is 5.69. The van der Waals surface area contributed by atoms with Crippen LogP contribution < -0.4 is 5.32 Å². The number of fused-ring (bicyclic) bond motifs is 2. The number of rotatable bonds is 2. The Morgan fingerprint density at radius 1 is 1.28 bits per heavy atom. The minimum atomic E-state index is -0.139. The van der Waals surface area contributed by atoms with Crippen LogP contribution in [0.15, 0.2) is 24.4 Å². The lowest BCUT2D eigenvalue weighted by Crippen LogP contribution is -2.36. The normalized spacial score (nSPS) is 13.8. The van der Waals surface area contributed by atoms with Crippen molar-refractivity contribution in [3.05, 3.63) is 46.4 Å². The van der Waals surface area contributed by atoms with Gasteiger partial charge >= 0.3 is 0 Å². The molecule has 7 nitrogen and oxygen atoms in total. The van der Waals surface area contributed by atoms with Gasteiger partial charge < -0.3 is 10.2 Å². The van der Waals surface area contributed by atoms with Crippen molar-refractivity contribution in [3.63, 3.8) is 0 Å². The maximum absolute atomic E-state index is 13.1. The molecule has 0 atom stereocenters. The van der Waals surface area contributed by atoms with Crippen molar-refractivity contribution in [1.82, 2.24) is 19.3 Å². The minimum absolute atomic E-state index is 0.0312. The highest BCUT2D eigenvalue weighted by molar-refractivity contribution is 7.15. The van der Waals surface area contributed by atoms with Gasteiger partial charge in [-0.2, -0.15) is 0 Å². The van der Waals surface area contributed by atoms with Gasteiger partial charge in [0.15, 0.2) is 5.13 Å². The minimum Gasteiger partial charge on any atom is -0.332 e. The van der Waals surface area contributed by atoms with E-state index in [2.05, 4.69) is 15.3 Å². The fourth-order valence-corrected chi connectivity index (χ4v) is 4.16. The molecule has 128 valence electrons. The van der Waals surface area contributed by atoms with E-state index in [0.29, 0.717) is 30.3 Å².